The number of benzene rings is 1. The second-order valence-electron chi connectivity index (χ2n) is 6.85. The third kappa shape index (κ3) is 3.73. The topological polar surface area (TPSA) is 55.3 Å². The predicted octanol–water partition coefficient (Wildman–Crippen LogP) is 4.31. The lowest BCUT2D eigenvalue weighted by molar-refractivity contribution is 0.0539. The first-order chi connectivity index (χ1) is 13.2. The van der Waals surface area contributed by atoms with Crippen LogP contribution in [-0.4, -0.2) is 46.6 Å². The van der Waals surface area contributed by atoms with Crippen molar-refractivity contribution in [3.05, 3.63) is 47.1 Å². The molecule has 0 radical (unpaired) electrons. The molecule has 0 bridgehead atoms. The highest BCUT2D eigenvalue weighted by atomic mass is 32.1. The van der Waals surface area contributed by atoms with Gasteiger partial charge in [-0.2, -0.15) is 0 Å². The number of ether oxygens (including phenoxy) is 1. The highest BCUT2D eigenvalue weighted by Gasteiger charge is 2.22. The van der Waals surface area contributed by atoms with E-state index in [1.807, 2.05) is 36.1 Å². The molecular weight excluding hydrogens is 358 g/mol. The molecule has 4 rings (SSSR count). The first-order valence-corrected chi connectivity index (χ1v) is 10.2. The van der Waals surface area contributed by atoms with Gasteiger partial charge < -0.3 is 9.64 Å². The minimum absolute atomic E-state index is 0.0544. The molecule has 140 valence electrons. The molecule has 1 aliphatic heterocycles. The van der Waals surface area contributed by atoms with Crippen LogP contribution in [0.1, 0.15) is 35.0 Å². The highest BCUT2D eigenvalue weighted by molar-refractivity contribution is 7.18. The number of carbonyl (C=O) groups is 1. The number of aryl methyl sites for hydroxylation is 1. The standard InChI is InChI=1S/C21H23N3O2S/c1-3-24(12-17-5-4-10-26-17)21(25)16-8-6-15(7-9-16)19-18-11-14(2)27-20(18)23-13-22-19/h6-9,11,13,17H,3-5,10,12H2,1-2H3/t17-/m1/s1. The van der Waals surface area contributed by atoms with Crippen molar-refractivity contribution < 1.29 is 9.53 Å². The molecular formula is C21H23N3O2S. The third-order valence-electron chi connectivity index (χ3n) is 4.97. The van der Waals surface area contributed by atoms with E-state index in [0.29, 0.717) is 18.7 Å². The van der Waals surface area contributed by atoms with Gasteiger partial charge in [0.2, 0.25) is 0 Å². The minimum Gasteiger partial charge on any atom is -0.376 e. The van der Waals surface area contributed by atoms with Crippen LogP contribution in [0, 0.1) is 6.92 Å². The van der Waals surface area contributed by atoms with Gasteiger partial charge in [0.15, 0.2) is 0 Å². The van der Waals surface area contributed by atoms with Crippen LogP contribution in [0.3, 0.4) is 0 Å². The fraction of sp³-hybridized carbons (Fsp3) is 0.381. The van der Waals surface area contributed by atoms with Gasteiger partial charge in [-0.3, -0.25) is 4.79 Å². The van der Waals surface area contributed by atoms with E-state index in [1.54, 1.807) is 17.7 Å². The molecule has 5 nitrogen and oxygen atoms in total. The zero-order chi connectivity index (χ0) is 18.8. The Morgan fingerprint density at radius 3 is 2.81 bits per heavy atom. The van der Waals surface area contributed by atoms with Gasteiger partial charge in [-0.15, -0.1) is 11.3 Å². The van der Waals surface area contributed by atoms with E-state index in [-0.39, 0.29) is 12.0 Å². The zero-order valence-corrected chi connectivity index (χ0v) is 16.5. The van der Waals surface area contributed by atoms with E-state index >= 15 is 0 Å². The molecule has 1 fully saturated rings. The Labute approximate surface area is 163 Å². The van der Waals surface area contributed by atoms with Gasteiger partial charge in [0, 0.05) is 41.1 Å². The Hall–Kier alpha value is -2.31. The molecule has 2 aromatic heterocycles. The Kier molecular flexibility index (Phi) is 5.18. The van der Waals surface area contributed by atoms with Crippen LogP contribution < -0.4 is 0 Å². The maximum Gasteiger partial charge on any atom is 0.253 e. The van der Waals surface area contributed by atoms with Crippen LogP contribution in [0.5, 0.6) is 0 Å². The molecule has 0 unspecified atom stereocenters. The summed E-state index contributed by atoms with van der Waals surface area (Å²) in [7, 11) is 0. The van der Waals surface area contributed by atoms with E-state index < -0.39 is 0 Å². The van der Waals surface area contributed by atoms with Crippen molar-refractivity contribution >= 4 is 27.5 Å². The van der Waals surface area contributed by atoms with Crippen LogP contribution in [0.4, 0.5) is 0 Å². The normalized spacial score (nSPS) is 16.7. The summed E-state index contributed by atoms with van der Waals surface area (Å²) in [6.07, 6.45) is 3.89. The number of hydrogen-bond acceptors (Lipinski definition) is 5. The number of amides is 1. The maximum atomic E-state index is 12.9. The molecule has 1 atom stereocenters. The third-order valence-corrected chi connectivity index (χ3v) is 5.93. The Morgan fingerprint density at radius 1 is 1.30 bits per heavy atom. The average molecular weight is 382 g/mol. The number of hydrogen-bond donors (Lipinski definition) is 0. The number of rotatable bonds is 5. The predicted molar refractivity (Wildman–Crippen MR) is 108 cm³/mol. The number of fused-ring (bicyclic) bond motifs is 1. The summed E-state index contributed by atoms with van der Waals surface area (Å²) >= 11 is 1.67. The highest BCUT2D eigenvalue weighted by Crippen LogP contribution is 2.31. The Bertz CT molecular complexity index is 946. The summed E-state index contributed by atoms with van der Waals surface area (Å²) in [5.74, 6) is 0.0544. The summed E-state index contributed by atoms with van der Waals surface area (Å²) < 4.78 is 5.68. The molecule has 6 heteroatoms. The average Bonchev–Trinajstić information content (AvgIpc) is 3.33. The molecule has 0 spiro atoms. The first kappa shape index (κ1) is 18.1. The second-order valence-corrected chi connectivity index (χ2v) is 8.09. The Balaban J connectivity index is 1.56. The van der Waals surface area contributed by atoms with Crippen molar-refractivity contribution in [2.75, 3.05) is 19.7 Å². The van der Waals surface area contributed by atoms with Crippen molar-refractivity contribution in [3.8, 4) is 11.3 Å². The second kappa shape index (κ2) is 7.74. The molecule has 1 amide bonds. The minimum atomic E-state index is 0.0544. The summed E-state index contributed by atoms with van der Waals surface area (Å²) in [5, 5.41) is 1.06. The maximum absolute atomic E-state index is 12.9. The van der Waals surface area contributed by atoms with E-state index in [0.717, 1.165) is 40.9 Å². The van der Waals surface area contributed by atoms with Crippen LogP contribution in [0.25, 0.3) is 21.5 Å². The van der Waals surface area contributed by atoms with Crippen LogP contribution in [0.15, 0.2) is 36.7 Å². The van der Waals surface area contributed by atoms with Crippen LogP contribution in [-0.2, 0) is 4.74 Å². The van der Waals surface area contributed by atoms with Crippen molar-refractivity contribution in [3.63, 3.8) is 0 Å². The van der Waals surface area contributed by atoms with Crippen LogP contribution >= 0.6 is 11.3 Å². The molecule has 1 saturated heterocycles. The van der Waals surface area contributed by atoms with E-state index in [9.17, 15) is 4.79 Å². The quantitative estimate of drug-likeness (QED) is 0.661. The lowest BCUT2D eigenvalue weighted by Crippen LogP contribution is -2.37. The largest absolute Gasteiger partial charge is 0.376 e. The summed E-state index contributed by atoms with van der Waals surface area (Å²) in [6.45, 7) is 6.24. The van der Waals surface area contributed by atoms with Gasteiger partial charge in [-0.1, -0.05) is 12.1 Å². The summed E-state index contributed by atoms with van der Waals surface area (Å²) in [5.41, 5.74) is 2.61. The van der Waals surface area contributed by atoms with E-state index in [2.05, 4.69) is 23.0 Å². The number of likely N-dealkylation sites (N-methyl/N-ethyl adjacent to an activating group) is 1. The molecule has 0 N–H and O–H groups in total. The number of nitrogens with zero attached hydrogens (tertiary/aromatic N) is 3. The number of aromatic nitrogens is 2. The van der Waals surface area contributed by atoms with Gasteiger partial charge >= 0.3 is 0 Å². The van der Waals surface area contributed by atoms with Gasteiger partial charge in [0.05, 0.1) is 11.8 Å². The molecule has 1 aromatic carbocycles. The van der Waals surface area contributed by atoms with Gasteiger partial charge in [-0.25, -0.2) is 9.97 Å². The van der Waals surface area contributed by atoms with E-state index in [4.69, 9.17) is 4.74 Å². The van der Waals surface area contributed by atoms with Crippen molar-refractivity contribution in [2.24, 2.45) is 0 Å². The number of carbonyl (C=O) groups excluding carboxylic acids is 1. The molecule has 0 aliphatic carbocycles. The molecule has 3 heterocycles. The summed E-state index contributed by atoms with van der Waals surface area (Å²) in [6, 6.07) is 9.85. The van der Waals surface area contributed by atoms with Crippen molar-refractivity contribution in [2.45, 2.75) is 32.8 Å². The SMILES string of the molecule is CCN(C[C@H]1CCCO1)C(=O)c1ccc(-c2ncnc3sc(C)cc23)cc1. The molecule has 3 aromatic rings. The smallest absolute Gasteiger partial charge is 0.253 e. The Morgan fingerprint density at radius 2 is 2.11 bits per heavy atom. The van der Waals surface area contributed by atoms with Gasteiger partial charge in [0.1, 0.15) is 11.2 Å². The monoisotopic (exact) mass is 381 g/mol. The molecule has 27 heavy (non-hydrogen) atoms. The fourth-order valence-corrected chi connectivity index (χ4v) is 4.40. The zero-order valence-electron chi connectivity index (χ0n) is 15.6. The first-order valence-electron chi connectivity index (χ1n) is 9.38. The van der Waals surface area contributed by atoms with E-state index in [1.165, 1.54) is 4.88 Å². The summed E-state index contributed by atoms with van der Waals surface area (Å²) in [4.78, 5) is 25.8. The van der Waals surface area contributed by atoms with Crippen molar-refractivity contribution in [1.82, 2.24) is 14.9 Å². The van der Waals surface area contributed by atoms with Crippen LogP contribution in [0.2, 0.25) is 0 Å². The lowest BCUT2D eigenvalue weighted by Gasteiger charge is -2.24. The van der Waals surface area contributed by atoms with Gasteiger partial charge in [0.25, 0.3) is 5.91 Å². The van der Waals surface area contributed by atoms with Crippen molar-refractivity contribution in [1.29, 1.82) is 0 Å². The molecule has 0 saturated carbocycles. The van der Waals surface area contributed by atoms with Gasteiger partial charge in [-0.05, 0) is 44.9 Å². The number of thiophene rings is 1. The lowest BCUT2D eigenvalue weighted by atomic mass is 10.1. The molecule has 1 aliphatic rings. The fourth-order valence-electron chi connectivity index (χ4n) is 3.55.